The Bertz CT molecular complexity index is 540. The van der Waals surface area contributed by atoms with Crippen LogP contribution in [0.1, 0.15) is 13.8 Å². The summed E-state index contributed by atoms with van der Waals surface area (Å²) in [6.45, 7) is 4.83. The molecule has 0 aromatic heterocycles. The Kier molecular flexibility index (Phi) is 4.35. The molecule has 0 spiro atoms. The topological polar surface area (TPSA) is 58.9 Å². The predicted molar refractivity (Wildman–Crippen MR) is 77.5 cm³/mol. The standard InChI is InChI=1S/C16H18O4/c1-3-19-11-5-7-13(15(17)9-11)14-8-6-12(20-4-2)10-16(14)18/h5-10,17-18H,3-4H2,1-2H3. The Morgan fingerprint density at radius 1 is 0.750 bits per heavy atom. The van der Waals surface area contributed by atoms with Gasteiger partial charge in [-0.15, -0.1) is 0 Å². The molecule has 0 saturated carbocycles. The second-order valence-electron chi connectivity index (χ2n) is 4.22. The maximum absolute atomic E-state index is 10.0. The lowest BCUT2D eigenvalue weighted by molar-refractivity contribution is 0.337. The highest BCUT2D eigenvalue weighted by Crippen LogP contribution is 2.38. The Labute approximate surface area is 118 Å². The molecule has 0 fully saturated rings. The average Bonchev–Trinajstić information content (AvgIpc) is 2.41. The second kappa shape index (κ2) is 6.19. The molecule has 0 aliphatic rings. The van der Waals surface area contributed by atoms with Gasteiger partial charge < -0.3 is 19.7 Å². The molecule has 2 aromatic carbocycles. The van der Waals surface area contributed by atoms with Crippen LogP contribution >= 0.6 is 0 Å². The van der Waals surface area contributed by atoms with Crippen molar-refractivity contribution in [2.24, 2.45) is 0 Å². The van der Waals surface area contributed by atoms with Gasteiger partial charge in [0.1, 0.15) is 23.0 Å². The van der Waals surface area contributed by atoms with E-state index < -0.39 is 0 Å². The summed E-state index contributed by atoms with van der Waals surface area (Å²) in [5.74, 6) is 1.32. The Hall–Kier alpha value is -2.36. The molecule has 2 N–H and O–H groups in total. The second-order valence-corrected chi connectivity index (χ2v) is 4.22. The first-order chi connectivity index (χ1) is 9.65. The fourth-order valence-electron chi connectivity index (χ4n) is 1.99. The van der Waals surface area contributed by atoms with Crippen LogP contribution in [0.3, 0.4) is 0 Å². The molecule has 4 heteroatoms. The minimum Gasteiger partial charge on any atom is -0.507 e. The molecule has 0 atom stereocenters. The lowest BCUT2D eigenvalue weighted by atomic mass is 10.0. The van der Waals surface area contributed by atoms with Crippen molar-refractivity contribution < 1.29 is 19.7 Å². The van der Waals surface area contributed by atoms with Crippen LogP contribution in [-0.4, -0.2) is 23.4 Å². The van der Waals surface area contributed by atoms with E-state index in [2.05, 4.69) is 0 Å². The largest absolute Gasteiger partial charge is 0.507 e. The summed E-state index contributed by atoms with van der Waals surface area (Å²) in [6.07, 6.45) is 0. The van der Waals surface area contributed by atoms with Gasteiger partial charge in [-0.2, -0.15) is 0 Å². The zero-order valence-electron chi connectivity index (χ0n) is 11.6. The highest BCUT2D eigenvalue weighted by molar-refractivity contribution is 5.76. The first kappa shape index (κ1) is 14.1. The maximum atomic E-state index is 10.0. The van der Waals surface area contributed by atoms with Crippen LogP contribution < -0.4 is 9.47 Å². The Morgan fingerprint density at radius 2 is 1.15 bits per heavy atom. The molecule has 20 heavy (non-hydrogen) atoms. The molecular formula is C16H18O4. The van der Waals surface area contributed by atoms with E-state index >= 15 is 0 Å². The number of benzene rings is 2. The molecule has 106 valence electrons. The van der Waals surface area contributed by atoms with Gasteiger partial charge in [-0.25, -0.2) is 0 Å². The van der Waals surface area contributed by atoms with Crippen LogP contribution in [0.15, 0.2) is 36.4 Å². The number of rotatable bonds is 5. The number of aromatic hydroxyl groups is 2. The minimum absolute atomic E-state index is 0.0652. The van der Waals surface area contributed by atoms with E-state index in [0.29, 0.717) is 35.8 Å². The van der Waals surface area contributed by atoms with E-state index in [1.807, 2.05) is 13.8 Å². The van der Waals surface area contributed by atoms with Crippen LogP contribution in [0.25, 0.3) is 11.1 Å². The quantitative estimate of drug-likeness (QED) is 0.875. The summed E-state index contributed by atoms with van der Waals surface area (Å²) in [6, 6.07) is 10.0. The summed E-state index contributed by atoms with van der Waals surface area (Å²) in [5, 5.41) is 20.1. The third-order valence-electron chi connectivity index (χ3n) is 2.85. The molecule has 2 rings (SSSR count). The van der Waals surface area contributed by atoms with Crippen LogP contribution in [0.5, 0.6) is 23.0 Å². The molecule has 0 aliphatic carbocycles. The smallest absolute Gasteiger partial charge is 0.127 e. The minimum atomic E-state index is 0.0652. The number of ether oxygens (including phenoxy) is 2. The van der Waals surface area contributed by atoms with Gasteiger partial charge in [-0.3, -0.25) is 0 Å². The number of phenolic OH excluding ortho intramolecular Hbond substituents is 2. The molecule has 0 radical (unpaired) electrons. The van der Waals surface area contributed by atoms with Gasteiger partial charge in [0.2, 0.25) is 0 Å². The fraction of sp³-hybridized carbons (Fsp3) is 0.250. The molecular weight excluding hydrogens is 256 g/mol. The van der Waals surface area contributed by atoms with E-state index in [9.17, 15) is 10.2 Å². The normalized spacial score (nSPS) is 10.3. The summed E-state index contributed by atoms with van der Waals surface area (Å²) in [5.41, 5.74) is 1.10. The maximum Gasteiger partial charge on any atom is 0.127 e. The van der Waals surface area contributed by atoms with E-state index in [-0.39, 0.29) is 11.5 Å². The van der Waals surface area contributed by atoms with E-state index in [1.54, 1.807) is 24.3 Å². The highest BCUT2D eigenvalue weighted by atomic mass is 16.5. The molecule has 4 nitrogen and oxygen atoms in total. The predicted octanol–water partition coefficient (Wildman–Crippen LogP) is 3.56. The lowest BCUT2D eigenvalue weighted by Gasteiger charge is -2.11. The van der Waals surface area contributed by atoms with E-state index in [1.165, 1.54) is 12.1 Å². The Balaban J connectivity index is 2.36. The number of phenols is 2. The van der Waals surface area contributed by atoms with Crippen molar-refractivity contribution in [1.82, 2.24) is 0 Å². The summed E-state index contributed by atoms with van der Waals surface area (Å²) in [7, 11) is 0. The molecule has 2 aromatic rings. The van der Waals surface area contributed by atoms with Crippen LogP contribution in [0.2, 0.25) is 0 Å². The number of hydrogen-bond donors (Lipinski definition) is 2. The fourth-order valence-corrected chi connectivity index (χ4v) is 1.99. The highest BCUT2D eigenvalue weighted by Gasteiger charge is 2.11. The van der Waals surface area contributed by atoms with Crippen molar-refractivity contribution in [2.45, 2.75) is 13.8 Å². The zero-order valence-corrected chi connectivity index (χ0v) is 11.6. The third-order valence-corrected chi connectivity index (χ3v) is 2.85. The van der Waals surface area contributed by atoms with Crippen molar-refractivity contribution in [1.29, 1.82) is 0 Å². The molecule has 0 heterocycles. The first-order valence-corrected chi connectivity index (χ1v) is 6.57. The van der Waals surface area contributed by atoms with Gasteiger partial charge in [0.25, 0.3) is 0 Å². The summed E-state index contributed by atoms with van der Waals surface area (Å²) < 4.78 is 10.6. The van der Waals surface area contributed by atoms with Gasteiger partial charge >= 0.3 is 0 Å². The van der Waals surface area contributed by atoms with Crippen LogP contribution in [0, 0.1) is 0 Å². The van der Waals surface area contributed by atoms with Gasteiger partial charge in [-0.05, 0) is 38.1 Å². The van der Waals surface area contributed by atoms with Gasteiger partial charge in [0, 0.05) is 23.3 Å². The third kappa shape index (κ3) is 2.96. The lowest BCUT2D eigenvalue weighted by Crippen LogP contribution is -1.92. The molecule has 0 amide bonds. The van der Waals surface area contributed by atoms with Gasteiger partial charge in [-0.1, -0.05) is 0 Å². The van der Waals surface area contributed by atoms with Crippen molar-refractivity contribution in [2.75, 3.05) is 13.2 Å². The molecule has 0 aliphatic heterocycles. The number of hydrogen-bond acceptors (Lipinski definition) is 4. The summed E-state index contributed by atoms with van der Waals surface area (Å²) in [4.78, 5) is 0. The summed E-state index contributed by atoms with van der Waals surface area (Å²) >= 11 is 0. The van der Waals surface area contributed by atoms with Crippen molar-refractivity contribution >= 4 is 0 Å². The first-order valence-electron chi connectivity index (χ1n) is 6.57. The SMILES string of the molecule is CCOc1ccc(-c2ccc(OCC)cc2O)c(O)c1. The van der Waals surface area contributed by atoms with E-state index in [4.69, 9.17) is 9.47 Å². The molecule has 0 saturated heterocycles. The van der Waals surface area contributed by atoms with Crippen molar-refractivity contribution in [3.63, 3.8) is 0 Å². The van der Waals surface area contributed by atoms with Crippen LogP contribution in [-0.2, 0) is 0 Å². The van der Waals surface area contributed by atoms with Crippen molar-refractivity contribution in [3.8, 4) is 34.1 Å². The van der Waals surface area contributed by atoms with Gasteiger partial charge in [0.15, 0.2) is 0 Å². The van der Waals surface area contributed by atoms with Gasteiger partial charge in [0.05, 0.1) is 13.2 Å². The van der Waals surface area contributed by atoms with Crippen molar-refractivity contribution in [3.05, 3.63) is 36.4 Å². The monoisotopic (exact) mass is 274 g/mol. The van der Waals surface area contributed by atoms with E-state index in [0.717, 1.165) is 0 Å². The molecule has 0 bridgehead atoms. The molecule has 0 unspecified atom stereocenters. The average molecular weight is 274 g/mol. The Morgan fingerprint density at radius 3 is 1.45 bits per heavy atom. The zero-order chi connectivity index (χ0) is 14.5. The van der Waals surface area contributed by atoms with Crippen LogP contribution in [0.4, 0.5) is 0 Å².